The molecule has 1 saturated heterocycles. The zero-order valence-electron chi connectivity index (χ0n) is 21.4. The number of carbonyl (C=O) groups is 1. The van der Waals surface area contributed by atoms with Crippen molar-refractivity contribution < 1.29 is 4.79 Å². The molecule has 0 aliphatic carbocycles. The number of carbonyl (C=O) groups excluding carboxylic acids is 1. The van der Waals surface area contributed by atoms with E-state index in [0.29, 0.717) is 5.78 Å². The molecule has 0 aromatic heterocycles. The molecule has 176 valence electrons. The summed E-state index contributed by atoms with van der Waals surface area (Å²) in [6, 6.07) is 8.94. The fraction of sp³-hybridized carbons (Fsp3) is 0.731. The molecular formula is C26H51N3O. The molecule has 0 atom stereocenters. The Morgan fingerprint density at radius 3 is 1.80 bits per heavy atom. The molecule has 1 aliphatic heterocycles. The maximum Gasteiger partial charge on any atom is 0.129 e. The van der Waals surface area contributed by atoms with Gasteiger partial charge in [0.1, 0.15) is 5.78 Å². The van der Waals surface area contributed by atoms with Gasteiger partial charge in [-0.25, -0.2) is 0 Å². The van der Waals surface area contributed by atoms with Gasteiger partial charge >= 0.3 is 0 Å². The maximum atomic E-state index is 10.9. The third-order valence-corrected chi connectivity index (χ3v) is 4.53. The van der Waals surface area contributed by atoms with Crippen LogP contribution in [0.25, 0.3) is 0 Å². The number of hydrogen-bond donors (Lipinski definition) is 1. The molecule has 1 aliphatic rings. The van der Waals surface area contributed by atoms with Gasteiger partial charge in [-0.15, -0.1) is 0 Å². The number of Topliss-reactive ketones (excluding diaryl/α,β-unsaturated/α-hetero) is 1. The lowest BCUT2D eigenvalue weighted by atomic mass is 10.1. The van der Waals surface area contributed by atoms with Gasteiger partial charge in [-0.3, -0.25) is 4.90 Å². The van der Waals surface area contributed by atoms with Crippen LogP contribution in [0, 0.1) is 0 Å². The molecule has 2 rings (SSSR count). The highest BCUT2D eigenvalue weighted by molar-refractivity contribution is 5.75. The van der Waals surface area contributed by atoms with E-state index in [1.807, 2.05) is 34.7 Å². The van der Waals surface area contributed by atoms with Crippen LogP contribution in [0.3, 0.4) is 0 Å². The summed E-state index contributed by atoms with van der Waals surface area (Å²) in [5.41, 5.74) is 2.74. The lowest BCUT2D eigenvalue weighted by Gasteiger charge is -2.34. The Morgan fingerprint density at radius 2 is 1.33 bits per heavy atom. The highest BCUT2D eigenvalue weighted by Gasteiger charge is 2.16. The van der Waals surface area contributed by atoms with Crippen molar-refractivity contribution >= 4 is 5.78 Å². The summed E-state index contributed by atoms with van der Waals surface area (Å²) in [6.07, 6.45) is 4.17. The van der Waals surface area contributed by atoms with Crippen molar-refractivity contribution in [2.45, 2.75) is 87.2 Å². The van der Waals surface area contributed by atoms with Gasteiger partial charge in [-0.05, 0) is 44.5 Å². The van der Waals surface area contributed by atoms with Crippen molar-refractivity contribution in [2.24, 2.45) is 0 Å². The molecule has 0 unspecified atom stereocenters. The van der Waals surface area contributed by atoms with Gasteiger partial charge in [0, 0.05) is 45.7 Å². The fourth-order valence-corrected chi connectivity index (χ4v) is 3.11. The molecule has 1 aromatic rings. The summed E-state index contributed by atoms with van der Waals surface area (Å²) in [5, 5.41) is 3.18. The van der Waals surface area contributed by atoms with E-state index < -0.39 is 0 Å². The summed E-state index contributed by atoms with van der Waals surface area (Å²) in [6.45, 7) is 21.6. The largest absolute Gasteiger partial charge is 0.316 e. The molecule has 1 N–H and O–H groups in total. The number of rotatable bonds is 9. The maximum absolute atomic E-state index is 10.9. The average molecular weight is 422 g/mol. The van der Waals surface area contributed by atoms with Gasteiger partial charge in [0.05, 0.1) is 0 Å². The predicted octanol–water partition coefficient (Wildman–Crippen LogP) is 5.75. The van der Waals surface area contributed by atoms with Crippen molar-refractivity contribution in [3.8, 4) is 0 Å². The molecule has 0 radical (unpaired) electrons. The second kappa shape index (κ2) is 22.5. The summed E-state index contributed by atoms with van der Waals surface area (Å²) < 4.78 is 0. The zero-order chi connectivity index (χ0) is 23.2. The Morgan fingerprint density at radius 1 is 0.867 bits per heavy atom. The Hall–Kier alpha value is -1.23. The Bertz CT molecular complexity index is 480. The van der Waals surface area contributed by atoms with E-state index in [-0.39, 0.29) is 0 Å². The van der Waals surface area contributed by atoms with E-state index in [0.717, 1.165) is 65.1 Å². The summed E-state index contributed by atoms with van der Waals surface area (Å²) in [5.74, 6) is 0.315. The quantitative estimate of drug-likeness (QED) is 0.515. The van der Waals surface area contributed by atoms with Crippen molar-refractivity contribution in [2.75, 3.05) is 39.8 Å². The first kappa shape index (κ1) is 31.0. The normalized spacial score (nSPS) is 13.7. The van der Waals surface area contributed by atoms with Gasteiger partial charge in [0.25, 0.3) is 0 Å². The third-order valence-electron chi connectivity index (χ3n) is 4.53. The average Bonchev–Trinajstić information content (AvgIpc) is 2.77. The van der Waals surface area contributed by atoms with E-state index in [2.05, 4.69) is 53.2 Å². The van der Waals surface area contributed by atoms with Gasteiger partial charge < -0.3 is 15.0 Å². The first-order valence-electron chi connectivity index (χ1n) is 12.3. The topological polar surface area (TPSA) is 35.6 Å². The summed E-state index contributed by atoms with van der Waals surface area (Å²) >= 11 is 0. The number of benzene rings is 1. The first-order chi connectivity index (χ1) is 14.6. The van der Waals surface area contributed by atoms with Crippen LogP contribution in [-0.2, 0) is 17.9 Å². The number of piperazine rings is 1. The lowest BCUT2D eigenvalue weighted by Crippen LogP contribution is -2.46. The minimum Gasteiger partial charge on any atom is -0.316 e. The van der Waals surface area contributed by atoms with Crippen molar-refractivity contribution in [1.29, 1.82) is 0 Å². The first-order valence-corrected chi connectivity index (χ1v) is 12.3. The number of ketones is 1. The molecule has 0 amide bonds. The zero-order valence-corrected chi connectivity index (χ0v) is 21.4. The highest BCUT2D eigenvalue weighted by atomic mass is 16.1. The van der Waals surface area contributed by atoms with Gasteiger partial charge in [-0.2, -0.15) is 0 Å². The molecule has 4 heteroatoms. The highest BCUT2D eigenvalue weighted by Crippen LogP contribution is 2.11. The SMILES string of the molecule is CC.CC.CCC.CNCc1ccc(CN2CCN(CCCCC(C)=O)CC2)cc1. The van der Waals surface area contributed by atoms with E-state index >= 15 is 0 Å². The number of hydrogen-bond acceptors (Lipinski definition) is 4. The van der Waals surface area contributed by atoms with Crippen LogP contribution in [0.2, 0.25) is 0 Å². The molecule has 30 heavy (non-hydrogen) atoms. The molecular weight excluding hydrogens is 370 g/mol. The molecule has 0 spiro atoms. The van der Waals surface area contributed by atoms with Crippen molar-refractivity contribution in [1.82, 2.24) is 15.1 Å². The van der Waals surface area contributed by atoms with Crippen LogP contribution < -0.4 is 5.32 Å². The number of nitrogens with zero attached hydrogens (tertiary/aromatic N) is 2. The minimum atomic E-state index is 0.315. The van der Waals surface area contributed by atoms with E-state index in [1.54, 1.807) is 6.92 Å². The van der Waals surface area contributed by atoms with Gasteiger partial charge in [0.15, 0.2) is 0 Å². The second-order valence-electron chi connectivity index (χ2n) is 7.33. The second-order valence-corrected chi connectivity index (χ2v) is 7.33. The molecule has 4 nitrogen and oxygen atoms in total. The molecule has 1 aromatic carbocycles. The van der Waals surface area contributed by atoms with Crippen LogP contribution in [0.5, 0.6) is 0 Å². The molecule has 1 heterocycles. The van der Waals surface area contributed by atoms with Crippen LogP contribution >= 0.6 is 0 Å². The number of nitrogens with one attached hydrogen (secondary N) is 1. The fourth-order valence-electron chi connectivity index (χ4n) is 3.11. The predicted molar refractivity (Wildman–Crippen MR) is 134 cm³/mol. The van der Waals surface area contributed by atoms with Crippen molar-refractivity contribution in [3.05, 3.63) is 35.4 Å². The monoisotopic (exact) mass is 421 g/mol. The Kier molecular flexibility index (Phi) is 23.2. The lowest BCUT2D eigenvalue weighted by molar-refractivity contribution is -0.117. The number of unbranched alkanes of at least 4 members (excludes halogenated alkanes) is 1. The van der Waals surface area contributed by atoms with Crippen LogP contribution in [0.4, 0.5) is 0 Å². The van der Waals surface area contributed by atoms with Crippen LogP contribution in [0.1, 0.15) is 85.3 Å². The van der Waals surface area contributed by atoms with E-state index in [9.17, 15) is 4.79 Å². The Labute approximate surface area is 188 Å². The molecule has 0 bridgehead atoms. The summed E-state index contributed by atoms with van der Waals surface area (Å²) in [4.78, 5) is 16.0. The van der Waals surface area contributed by atoms with Gasteiger partial charge in [-0.1, -0.05) is 72.2 Å². The Balaban J connectivity index is 0. The van der Waals surface area contributed by atoms with E-state index in [1.165, 1.54) is 17.5 Å². The van der Waals surface area contributed by atoms with Crippen LogP contribution in [-0.4, -0.2) is 55.4 Å². The van der Waals surface area contributed by atoms with E-state index in [4.69, 9.17) is 0 Å². The van der Waals surface area contributed by atoms with Crippen molar-refractivity contribution in [3.63, 3.8) is 0 Å². The standard InChI is InChI=1S/C19H31N3O.C3H8.2C2H6/c1-17(23)5-3-4-10-21-11-13-22(14-12-21)16-19-8-6-18(7-9-19)15-20-2;1-3-2;2*1-2/h6-9,20H,3-5,10-16H2,1-2H3;3H2,1-2H3;2*1-2H3. The van der Waals surface area contributed by atoms with Crippen LogP contribution in [0.15, 0.2) is 24.3 Å². The minimum absolute atomic E-state index is 0.315. The molecule has 0 saturated carbocycles. The third kappa shape index (κ3) is 16.6. The summed E-state index contributed by atoms with van der Waals surface area (Å²) in [7, 11) is 1.98. The van der Waals surface area contributed by atoms with Gasteiger partial charge in [0.2, 0.25) is 0 Å². The molecule has 1 fully saturated rings. The smallest absolute Gasteiger partial charge is 0.129 e.